The van der Waals surface area contributed by atoms with Gasteiger partial charge >= 0.3 is 0 Å². The van der Waals surface area contributed by atoms with Crippen LogP contribution in [-0.2, 0) is 0 Å². The number of methoxy groups -OCH3 is 2. The second-order valence-electron chi connectivity index (χ2n) is 3.88. The Morgan fingerprint density at radius 2 is 1.75 bits per heavy atom. The maximum absolute atomic E-state index is 12.0. The van der Waals surface area contributed by atoms with E-state index in [1.807, 2.05) is 0 Å². The summed E-state index contributed by atoms with van der Waals surface area (Å²) in [5.74, 6) is 1.00. The van der Waals surface area contributed by atoms with Crippen LogP contribution in [0.4, 0.5) is 11.5 Å². The third-order valence-electron chi connectivity index (χ3n) is 2.51. The van der Waals surface area contributed by atoms with E-state index in [1.165, 1.54) is 26.6 Å². The molecular formula is C13H14N4O3. The molecule has 1 amide bonds. The summed E-state index contributed by atoms with van der Waals surface area (Å²) in [4.78, 5) is 19.7. The zero-order valence-electron chi connectivity index (χ0n) is 11.1. The number of nitrogens with zero attached hydrogens (tertiary/aromatic N) is 2. The fraction of sp³-hybridized carbons (Fsp3) is 0.154. The Bertz CT molecular complexity index is 591. The van der Waals surface area contributed by atoms with E-state index in [0.717, 1.165) is 0 Å². The lowest BCUT2D eigenvalue weighted by Crippen LogP contribution is -2.14. The Hall–Kier alpha value is -2.83. The molecule has 0 aliphatic rings. The molecule has 0 saturated carbocycles. The number of carbonyl (C=O) groups excluding carboxylic acids is 1. The lowest BCUT2D eigenvalue weighted by atomic mass is 10.2. The van der Waals surface area contributed by atoms with Crippen molar-refractivity contribution in [3.63, 3.8) is 0 Å². The van der Waals surface area contributed by atoms with Gasteiger partial charge in [-0.1, -0.05) is 0 Å². The molecule has 2 rings (SSSR count). The van der Waals surface area contributed by atoms with Gasteiger partial charge in [-0.15, -0.1) is 0 Å². The Balaban J connectivity index is 2.20. The smallest absolute Gasteiger partial charge is 0.275 e. The topological polar surface area (TPSA) is 99.4 Å². The number of ether oxygens (including phenoxy) is 2. The minimum absolute atomic E-state index is 0.168. The van der Waals surface area contributed by atoms with Crippen LogP contribution in [0.5, 0.6) is 11.5 Å². The molecule has 0 spiro atoms. The number of anilines is 2. The Morgan fingerprint density at radius 1 is 1.10 bits per heavy atom. The van der Waals surface area contributed by atoms with Crippen molar-refractivity contribution in [1.82, 2.24) is 9.97 Å². The summed E-state index contributed by atoms with van der Waals surface area (Å²) < 4.78 is 10.2. The van der Waals surface area contributed by atoms with E-state index in [1.54, 1.807) is 18.2 Å². The van der Waals surface area contributed by atoms with Crippen LogP contribution in [-0.4, -0.2) is 30.1 Å². The number of aromatic nitrogens is 2. The quantitative estimate of drug-likeness (QED) is 0.872. The van der Waals surface area contributed by atoms with Gasteiger partial charge < -0.3 is 20.5 Å². The van der Waals surface area contributed by atoms with Crippen LogP contribution in [0, 0.1) is 0 Å². The highest BCUT2D eigenvalue weighted by Crippen LogP contribution is 2.25. The fourth-order valence-corrected chi connectivity index (χ4v) is 1.53. The van der Waals surface area contributed by atoms with Gasteiger partial charge in [0.2, 0.25) is 0 Å². The number of nitrogens with one attached hydrogen (secondary N) is 1. The Morgan fingerprint density at radius 3 is 2.25 bits per heavy atom. The second kappa shape index (κ2) is 5.87. The zero-order valence-corrected chi connectivity index (χ0v) is 11.1. The minimum Gasteiger partial charge on any atom is -0.497 e. The van der Waals surface area contributed by atoms with Crippen molar-refractivity contribution >= 4 is 17.4 Å². The minimum atomic E-state index is -0.396. The first-order valence-electron chi connectivity index (χ1n) is 5.74. The normalized spacial score (nSPS) is 9.90. The van der Waals surface area contributed by atoms with Crippen molar-refractivity contribution in [2.45, 2.75) is 0 Å². The maximum atomic E-state index is 12.0. The van der Waals surface area contributed by atoms with E-state index in [-0.39, 0.29) is 11.5 Å². The van der Waals surface area contributed by atoms with Gasteiger partial charge in [0, 0.05) is 23.9 Å². The summed E-state index contributed by atoms with van der Waals surface area (Å²) in [5, 5.41) is 2.68. The molecule has 3 N–H and O–H groups in total. The standard InChI is InChI=1S/C13H14N4O3/c1-19-9-3-8(4-10(5-9)20-2)17-13(18)11-6-16-12(14)7-15-11/h3-7H,1-2H3,(H2,14,16)(H,17,18). The van der Waals surface area contributed by atoms with Crippen LogP contribution in [0.25, 0.3) is 0 Å². The number of benzene rings is 1. The number of nitrogen functional groups attached to an aromatic ring is 1. The third-order valence-corrected chi connectivity index (χ3v) is 2.51. The van der Waals surface area contributed by atoms with Gasteiger partial charge in [0.1, 0.15) is 23.0 Å². The van der Waals surface area contributed by atoms with E-state index in [2.05, 4.69) is 15.3 Å². The number of hydrogen-bond donors (Lipinski definition) is 2. The van der Waals surface area contributed by atoms with Crippen molar-refractivity contribution < 1.29 is 14.3 Å². The third kappa shape index (κ3) is 3.14. The summed E-state index contributed by atoms with van der Waals surface area (Å²) >= 11 is 0. The highest BCUT2D eigenvalue weighted by atomic mass is 16.5. The number of amides is 1. The van der Waals surface area contributed by atoms with Crippen molar-refractivity contribution in [1.29, 1.82) is 0 Å². The number of rotatable bonds is 4. The van der Waals surface area contributed by atoms with Crippen LogP contribution in [0.1, 0.15) is 10.5 Å². The molecule has 0 aliphatic heterocycles. The molecule has 7 heteroatoms. The molecule has 7 nitrogen and oxygen atoms in total. The molecule has 0 radical (unpaired) electrons. The summed E-state index contributed by atoms with van der Waals surface area (Å²) in [6.45, 7) is 0. The molecule has 20 heavy (non-hydrogen) atoms. The molecule has 2 aromatic rings. The van der Waals surface area contributed by atoms with Crippen molar-refractivity contribution in [3.8, 4) is 11.5 Å². The van der Waals surface area contributed by atoms with Gasteiger partial charge in [-0.2, -0.15) is 0 Å². The average molecular weight is 274 g/mol. The van der Waals surface area contributed by atoms with Crippen LogP contribution in [0.3, 0.4) is 0 Å². The molecule has 0 aliphatic carbocycles. The molecule has 0 fully saturated rings. The molecule has 1 aromatic carbocycles. The predicted molar refractivity (Wildman–Crippen MR) is 73.9 cm³/mol. The van der Waals surface area contributed by atoms with Gasteiger partial charge in [0.15, 0.2) is 0 Å². The molecular weight excluding hydrogens is 260 g/mol. The van der Waals surface area contributed by atoms with E-state index in [4.69, 9.17) is 15.2 Å². The van der Waals surface area contributed by atoms with Gasteiger partial charge in [-0.25, -0.2) is 9.97 Å². The Labute approximate surface area is 115 Å². The zero-order chi connectivity index (χ0) is 14.5. The number of carbonyl (C=O) groups is 1. The summed E-state index contributed by atoms with van der Waals surface area (Å²) in [6.07, 6.45) is 2.63. The van der Waals surface area contributed by atoms with Crippen molar-refractivity contribution in [3.05, 3.63) is 36.3 Å². The fourth-order valence-electron chi connectivity index (χ4n) is 1.53. The first-order valence-corrected chi connectivity index (χ1v) is 5.74. The van der Waals surface area contributed by atoms with Gasteiger partial charge in [-0.3, -0.25) is 4.79 Å². The predicted octanol–water partition coefficient (Wildman–Crippen LogP) is 1.33. The number of nitrogens with two attached hydrogens (primary N) is 1. The van der Waals surface area contributed by atoms with E-state index >= 15 is 0 Å². The monoisotopic (exact) mass is 274 g/mol. The van der Waals surface area contributed by atoms with Crippen LogP contribution in [0.15, 0.2) is 30.6 Å². The van der Waals surface area contributed by atoms with Crippen LogP contribution in [0.2, 0.25) is 0 Å². The molecule has 0 bridgehead atoms. The van der Waals surface area contributed by atoms with Crippen molar-refractivity contribution in [2.75, 3.05) is 25.3 Å². The van der Waals surface area contributed by atoms with E-state index in [0.29, 0.717) is 17.2 Å². The molecule has 104 valence electrons. The van der Waals surface area contributed by atoms with Crippen LogP contribution >= 0.6 is 0 Å². The molecule has 0 unspecified atom stereocenters. The first kappa shape index (κ1) is 13.6. The molecule has 0 saturated heterocycles. The summed E-state index contributed by atoms with van der Waals surface area (Å²) in [6, 6.07) is 5.05. The van der Waals surface area contributed by atoms with Crippen molar-refractivity contribution in [2.24, 2.45) is 0 Å². The average Bonchev–Trinajstić information content (AvgIpc) is 2.47. The summed E-state index contributed by atoms with van der Waals surface area (Å²) in [5.41, 5.74) is 6.12. The maximum Gasteiger partial charge on any atom is 0.275 e. The highest BCUT2D eigenvalue weighted by Gasteiger charge is 2.10. The van der Waals surface area contributed by atoms with E-state index in [9.17, 15) is 4.79 Å². The molecule has 1 heterocycles. The Kier molecular flexibility index (Phi) is 3.99. The lowest BCUT2D eigenvalue weighted by Gasteiger charge is -2.09. The lowest BCUT2D eigenvalue weighted by molar-refractivity contribution is 0.102. The number of hydrogen-bond acceptors (Lipinski definition) is 6. The second-order valence-corrected chi connectivity index (χ2v) is 3.88. The van der Waals surface area contributed by atoms with Gasteiger partial charge in [0.25, 0.3) is 5.91 Å². The van der Waals surface area contributed by atoms with Gasteiger partial charge in [-0.05, 0) is 0 Å². The SMILES string of the molecule is COc1cc(NC(=O)c2cnc(N)cn2)cc(OC)c1. The van der Waals surface area contributed by atoms with E-state index < -0.39 is 5.91 Å². The highest BCUT2D eigenvalue weighted by molar-refractivity contribution is 6.02. The largest absolute Gasteiger partial charge is 0.497 e. The molecule has 1 aromatic heterocycles. The summed E-state index contributed by atoms with van der Waals surface area (Å²) in [7, 11) is 3.07. The van der Waals surface area contributed by atoms with Crippen LogP contribution < -0.4 is 20.5 Å². The molecule has 0 atom stereocenters. The first-order chi connectivity index (χ1) is 9.62. The van der Waals surface area contributed by atoms with Gasteiger partial charge in [0.05, 0.1) is 26.6 Å².